The first-order valence-corrected chi connectivity index (χ1v) is 18.7. The van der Waals surface area contributed by atoms with Crippen LogP contribution in [0.5, 0.6) is 0 Å². The number of rotatable bonds is 11. The van der Waals surface area contributed by atoms with E-state index < -0.39 is 6.29 Å². The summed E-state index contributed by atoms with van der Waals surface area (Å²) in [4.78, 5) is 26.8. The number of ether oxygens (including phenoxy) is 2. The Bertz CT molecular complexity index is 2150. The second-order valence-corrected chi connectivity index (χ2v) is 14.2. The molecule has 2 saturated heterocycles. The van der Waals surface area contributed by atoms with Gasteiger partial charge in [-0.25, -0.2) is 4.98 Å². The summed E-state index contributed by atoms with van der Waals surface area (Å²) in [7, 11) is 0. The number of nitrogens with one attached hydrogen (secondary N) is 1. The largest absolute Gasteiger partial charge is 0.392 e. The molecule has 6 aromatic rings. The second kappa shape index (κ2) is 16.8. The zero-order valence-corrected chi connectivity index (χ0v) is 30.3. The van der Waals surface area contributed by atoms with E-state index in [4.69, 9.17) is 9.47 Å². The van der Waals surface area contributed by atoms with Crippen molar-refractivity contribution in [3.63, 3.8) is 0 Å². The predicted molar refractivity (Wildman–Crippen MR) is 209 cm³/mol. The molecule has 5 aromatic carbocycles. The van der Waals surface area contributed by atoms with Crippen molar-refractivity contribution in [3.05, 3.63) is 167 Å². The number of aliphatic hydroxyl groups is 1. The van der Waals surface area contributed by atoms with Crippen LogP contribution >= 0.6 is 0 Å². The third-order valence-corrected chi connectivity index (χ3v) is 10.4. The Morgan fingerprint density at radius 1 is 0.704 bits per heavy atom. The van der Waals surface area contributed by atoms with Crippen LogP contribution in [0.25, 0.3) is 22.2 Å². The van der Waals surface area contributed by atoms with E-state index in [1.165, 1.54) is 11.8 Å². The molecule has 0 spiro atoms. The lowest BCUT2D eigenvalue weighted by Gasteiger charge is -2.40. The molecule has 2 aliphatic rings. The van der Waals surface area contributed by atoms with Crippen LogP contribution in [-0.4, -0.2) is 69.6 Å². The summed E-state index contributed by atoms with van der Waals surface area (Å²) in [5, 5.41) is 12.6. The summed E-state index contributed by atoms with van der Waals surface area (Å²) < 4.78 is 13.4. The minimum Gasteiger partial charge on any atom is -0.392 e. The van der Waals surface area contributed by atoms with Crippen LogP contribution in [0, 0.1) is 0 Å². The highest BCUT2D eigenvalue weighted by atomic mass is 16.7. The maximum Gasteiger partial charge on any atom is 0.271 e. The maximum atomic E-state index is 12.9. The summed E-state index contributed by atoms with van der Waals surface area (Å²) in [5.41, 5.74) is 9.12. The zero-order valence-electron chi connectivity index (χ0n) is 30.3. The maximum absolute atomic E-state index is 12.9. The van der Waals surface area contributed by atoms with Gasteiger partial charge in [0.15, 0.2) is 6.29 Å². The average molecular weight is 720 g/mol. The number of hydrogen-bond donors (Lipinski definition) is 2. The van der Waals surface area contributed by atoms with E-state index in [0.29, 0.717) is 17.8 Å². The number of piperazine rings is 1. The quantitative estimate of drug-likeness (QED) is 0.147. The molecule has 274 valence electrons. The summed E-state index contributed by atoms with van der Waals surface area (Å²) in [6.45, 7) is 6.28. The molecule has 0 radical (unpaired) electrons. The van der Waals surface area contributed by atoms with Crippen molar-refractivity contribution in [1.82, 2.24) is 25.1 Å². The van der Waals surface area contributed by atoms with Gasteiger partial charge in [0.05, 0.1) is 36.0 Å². The van der Waals surface area contributed by atoms with Gasteiger partial charge in [0.2, 0.25) is 0 Å². The van der Waals surface area contributed by atoms with Crippen molar-refractivity contribution in [2.24, 2.45) is 0 Å². The Morgan fingerprint density at radius 3 is 2.19 bits per heavy atom. The first-order valence-electron chi connectivity index (χ1n) is 18.7. The van der Waals surface area contributed by atoms with Gasteiger partial charge in [-0.2, -0.15) is 0 Å². The van der Waals surface area contributed by atoms with Gasteiger partial charge in [0.1, 0.15) is 5.69 Å². The predicted octanol–water partition coefficient (Wildman–Crippen LogP) is 7.08. The lowest BCUT2D eigenvalue weighted by molar-refractivity contribution is -0.253. The molecule has 0 saturated carbocycles. The SMILES string of the molecule is O=C(NCc1cccc(-c2ccc([C@@H]3O[C@H](CN4CCN(Cc5ccccc5)CC4)C[C@H](c4ccc(CO)cc4)O3)cc2)c1)c1cnc2ccccc2n1. The topological polar surface area (TPSA) is 100 Å². The molecular formula is C45H45N5O4. The van der Waals surface area contributed by atoms with Crippen LogP contribution in [0.4, 0.5) is 0 Å². The van der Waals surface area contributed by atoms with Gasteiger partial charge >= 0.3 is 0 Å². The molecule has 1 aromatic heterocycles. The van der Waals surface area contributed by atoms with E-state index >= 15 is 0 Å². The molecule has 0 bridgehead atoms. The van der Waals surface area contributed by atoms with Crippen LogP contribution in [0.15, 0.2) is 134 Å². The van der Waals surface area contributed by atoms with Gasteiger partial charge in [-0.1, -0.05) is 109 Å². The van der Waals surface area contributed by atoms with Crippen LogP contribution in [-0.2, 0) is 29.2 Å². The van der Waals surface area contributed by atoms with Gasteiger partial charge in [0, 0.05) is 57.8 Å². The van der Waals surface area contributed by atoms with Crippen molar-refractivity contribution in [2.45, 2.75) is 44.6 Å². The third-order valence-electron chi connectivity index (χ3n) is 10.4. The lowest BCUT2D eigenvalue weighted by Crippen LogP contribution is -2.49. The van der Waals surface area contributed by atoms with E-state index in [2.05, 4.69) is 104 Å². The highest BCUT2D eigenvalue weighted by molar-refractivity contribution is 5.93. The van der Waals surface area contributed by atoms with Crippen molar-refractivity contribution in [1.29, 1.82) is 0 Å². The number of para-hydroxylation sites is 2. The Kier molecular flexibility index (Phi) is 11.1. The van der Waals surface area contributed by atoms with Crippen molar-refractivity contribution in [2.75, 3.05) is 32.7 Å². The molecule has 2 fully saturated rings. The van der Waals surface area contributed by atoms with Crippen molar-refractivity contribution in [3.8, 4) is 11.1 Å². The molecule has 3 atom stereocenters. The fourth-order valence-corrected chi connectivity index (χ4v) is 7.33. The number of amides is 1. The fraction of sp³-hybridized carbons (Fsp3) is 0.267. The van der Waals surface area contributed by atoms with Crippen LogP contribution in [0.1, 0.15) is 57.1 Å². The van der Waals surface area contributed by atoms with E-state index in [1.807, 2.05) is 48.5 Å². The molecular weight excluding hydrogens is 675 g/mol. The highest BCUT2D eigenvalue weighted by Gasteiger charge is 2.34. The lowest BCUT2D eigenvalue weighted by atomic mass is 9.98. The van der Waals surface area contributed by atoms with Crippen LogP contribution < -0.4 is 5.32 Å². The number of aliphatic hydroxyl groups excluding tert-OH is 1. The number of aromatic nitrogens is 2. The van der Waals surface area contributed by atoms with Crippen LogP contribution in [0.3, 0.4) is 0 Å². The standard InChI is InChI=1S/C45H45N5O4/c51-31-33-13-15-36(16-14-33)43-26-39(30-50-23-21-49(22-24-50)29-32-7-2-1-3-8-32)53-45(54-43)37-19-17-35(18-20-37)38-10-6-9-34(25-38)27-47-44(52)42-28-46-40-11-4-5-12-41(40)48-42/h1-20,25,28,39,43,45,51H,21-24,26-27,29-31H2,(H,47,52)/t39-,43+,45+/m0/s1. The number of carbonyl (C=O) groups excluding carboxylic acids is 1. The highest BCUT2D eigenvalue weighted by Crippen LogP contribution is 2.39. The average Bonchev–Trinajstić information content (AvgIpc) is 3.24. The molecule has 9 nitrogen and oxygen atoms in total. The molecule has 3 heterocycles. The van der Waals surface area contributed by atoms with E-state index in [-0.39, 0.29) is 24.7 Å². The Balaban J connectivity index is 0.923. The van der Waals surface area contributed by atoms with Gasteiger partial charge in [0.25, 0.3) is 5.91 Å². The normalized spacial score (nSPS) is 19.5. The minimum absolute atomic E-state index is 0.000834. The first kappa shape index (κ1) is 35.7. The number of hydrogen-bond acceptors (Lipinski definition) is 8. The summed E-state index contributed by atoms with van der Waals surface area (Å²) in [5.74, 6) is -0.262. The molecule has 8 rings (SSSR count). The number of benzene rings is 5. The summed E-state index contributed by atoms with van der Waals surface area (Å²) in [6.07, 6.45) is 1.63. The van der Waals surface area contributed by atoms with E-state index in [1.54, 1.807) is 0 Å². The fourth-order valence-electron chi connectivity index (χ4n) is 7.33. The number of carbonyl (C=O) groups is 1. The number of nitrogens with zero attached hydrogens (tertiary/aromatic N) is 4. The zero-order chi connectivity index (χ0) is 36.7. The van der Waals surface area contributed by atoms with Gasteiger partial charge in [-0.15, -0.1) is 0 Å². The summed E-state index contributed by atoms with van der Waals surface area (Å²) in [6, 6.07) is 42.8. The smallest absolute Gasteiger partial charge is 0.271 e. The number of fused-ring (bicyclic) bond motifs is 1. The van der Waals surface area contributed by atoms with E-state index in [9.17, 15) is 9.90 Å². The molecule has 0 unspecified atom stereocenters. The van der Waals surface area contributed by atoms with Gasteiger partial charge in [-0.05, 0) is 51.6 Å². The Hall–Kier alpha value is -5.29. The minimum atomic E-state index is -0.514. The summed E-state index contributed by atoms with van der Waals surface area (Å²) >= 11 is 0. The Morgan fingerprint density at radius 2 is 1.41 bits per heavy atom. The second-order valence-electron chi connectivity index (χ2n) is 14.2. The Labute approximate surface area is 316 Å². The monoisotopic (exact) mass is 719 g/mol. The third kappa shape index (κ3) is 8.73. The van der Waals surface area contributed by atoms with E-state index in [0.717, 1.165) is 84.6 Å². The van der Waals surface area contributed by atoms with Gasteiger partial charge < -0.3 is 19.9 Å². The molecule has 9 heteroatoms. The van der Waals surface area contributed by atoms with Crippen molar-refractivity contribution < 1.29 is 19.4 Å². The van der Waals surface area contributed by atoms with Crippen molar-refractivity contribution >= 4 is 16.9 Å². The molecule has 54 heavy (non-hydrogen) atoms. The first-order chi connectivity index (χ1) is 26.6. The molecule has 2 N–H and O–H groups in total. The molecule has 0 aliphatic carbocycles. The van der Waals surface area contributed by atoms with Crippen LogP contribution in [0.2, 0.25) is 0 Å². The van der Waals surface area contributed by atoms with Gasteiger partial charge in [-0.3, -0.25) is 19.6 Å². The molecule has 1 amide bonds. The molecule has 2 aliphatic heterocycles.